The quantitative estimate of drug-likeness (QED) is 0.709. The van der Waals surface area contributed by atoms with Crippen LogP contribution in [0.25, 0.3) is 0 Å². The summed E-state index contributed by atoms with van der Waals surface area (Å²) in [5.74, 6) is -0.970. The molecule has 0 radical (unpaired) electrons. The maximum absolute atomic E-state index is 12.3. The Morgan fingerprint density at radius 2 is 2.29 bits per heavy atom. The van der Waals surface area contributed by atoms with Crippen LogP contribution < -0.4 is 5.32 Å². The number of amides is 1. The van der Waals surface area contributed by atoms with Gasteiger partial charge in [-0.1, -0.05) is 11.6 Å². The second-order valence-corrected chi connectivity index (χ2v) is 5.36. The maximum atomic E-state index is 12.3. The van der Waals surface area contributed by atoms with Crippen LogP contribution in [0.3, 0.4) is 0 Å². The highest BCUT2D eigenvalue weighted by atomic mass is 16.5. The van der Waals surface area contributed by atoms with Crippen LogP contribution in [-0.2, 0) is 27.4 Å². The average Bonchev–Trinajstić information content (AvgIpc) is 2.82. The predicted molar refractivity (Wildman–Crippen MR) is 72.3 cm³/mol. The minimum atomic E-state index is -0.983. The van der Waals surface area contributed by atoms with E-state index in [1.54, 1.807) is 7.11 Å². The number of nitrogens with zero attached hydrogens (tertiary/aromatic N) is 3. The number of nitrogens with one attached hydrogen (secondary N) is 1. The Bertz CT molecular complexity index is 510. The number of ether oxygens (including phenoxy) is 1. The summed E-state index contributed by atoms with van der Waals surface area (Å²) in [5, 5.41) is 19.0. The molecule has 1 aromatic heterocycles. The molecule has 1 aromatic rings. The van der Waals surface area contributed by atoms with Gasteiger partial charge in [0.25, 0.3) is 0 Å². The molecule has 1 aliphatic carbocycles. The minimum absolute atomic E-state index is 0.0126. The van der Waals surface area contributed by atoms with Crippen molar-refractivity contribution in [3.05, 3.63) is 11.9 Å². The van der Waals surface area contributed by atoms with Crippen molar-refractivity contribution in [2.45, 2.75) is 38.8 Å². The molecule has 2 N–H and O–H groups in total. The van der Waals surface area contributed by atoms with Gasteiger partial charge in [0.15, 0.2) is 0 Å². The molecule has 0 bridgehead atoms. The normalized spacial score (nSPS) is 16.2. The van der Waals surface area contributed by atoms with Crippen molar-refractivity contribution in [3.8, 4) is 0 Å². The van der Waals surface area contributed by atoms with E-state index in [0.717, 1.165) is 25.7 Å². The Morgan fingerprint density at radius 3 is 2.86 bits per heavy atom. The number of carbonyl (C=O) groups excluding carboxylic acids is 1. The van der Waals surface area contributed by atoms with E-state index in [1.165, 1.54) is 10.9 Å². The molecular formula is C13H20N4O4. The number of aliphatic carboxylic acids is 1. The Labute approximate surface area is 122 Å². The van der Waals surface area contributed by atoms with Gasteiger partial charge < -0.3 is 15.2 Å². The van der Waals surface area contributed by atoms with Crippen LogP contribution in [0.4, 0.5) is 0 Å². The van der Waals surface area contributed by atoms with E-state index in [0.29, 0.717) is 12.3 Å². The topological polar surface area (TPSA) is 106 Å². The molecule has 0 spiro atoms. The number of hydrogen-bond donors (Lipinski definition) is 2. The Hall–Kier alpha value is -1.96. The van der Waals surface area contributed by atoms with Gasteiger partial charge in [-0.3, -0.25) is 9.59 Å². The zero-order valence-electron chi connectivity index (χ0n) is 12.0. The third-order valence-corrected chi connectivity index (χ3v) is 3.89. The van der Waals surface area contributed by atoms with Crippen molar-refractivity contribution in [1.82, 2.24) is 20.3 Å². The molecule has 1 saturated carbocycles. The summed E-state index contributed by atoms with van der Waals surface area (Å²) in [6.45, 7) is 0.591. The third kappa shape index (κ3) is 3.78. The first-order valence-electron chi connectivity index (χ1n) is 6.94. The van der Waals surface area contributed by atoms with Gasteiger partial charge in [0.05, 0.1) is 18.2 Å². The fourth-order valence-electron chi connectivity index (χ4n) is 2.49. The van der Waals surface area contributed by atoms with Crippen molar-refractivity contribution in [1.29, 1.82) is 0 Å². The van der Waals surface area contributed by atoms with E-state index in [4.69, 9.17) is 9.84 Å². The second kappa shape index (κ2) is 6.66. The van der Waals surface area contributed by atoms with Crippen LogP contribution in [0.2, 0.25) is 0 Å². The molecule has 21 heavy (non-hydrogen) atoms. The van der Waals surface area contributed by atoms with Gasteiger partial charge in [-0.15, -0.1) is 5.10 Å². The van der Waals surface area contributed by atoms with Crippen molar-refractivity contribution in [2.24, 2.45) is 5.41 Å². The SMILES string of the molecule is COCCC1(C(=O)NCc2cn(CC(=O)O)nn2)CCC1. The summed E-state index contributed by atoms with van der Waals surface area (Å²) in [6.07, 6.45) is 5.08. The van der Waals surface area contributed by atoms with Crippen LogP contribution in [-0.4, -0.2) is 45.7 Å². The summed E-state index contributed by atoms with van der Waals surface area (Å²) < 4.78 is 6.30. The van der Waals surface area contributed by atoms with E-state index in [9.17, 15) is 9.59 Å². The Morgan fingerprint density at radius 1 is 1.52 bits per heavy atom. The lowest BCUT2D eigenvalue weighted by atomic mass is 9.66. The molecule has 1 fully saturated rings. The van der Waals surface area contributed by atoms with E-state index in [2.05, 4.69) is 15.6 Å². The van der Waals surface area contributed by atoms with Crippen molar-refractivity contribution in [3.63, 3.8) is 0 Å². The standard InChI is InChI=1S/C13H20N4O4/c1-21-6-5-13(3-2-4-13)12(20)14-7-10-8-17(16-15-10)9-11(18)19/h8H,2-7,9H2,1H3,(H,14,20)(H,18,19). The molecular weight excluding hydrogens is 276 g/mol. The van der Waals surface area contributed by atoms with E-state index in [-0.39, 0.29) is 24.4 Å². The largest absolute Gasteiger partial charge is 0.480 e. The molecule has 1 amide bonds. The molecule has 116 valence electrons. The minimum Gasteiger partial charge on any atom is -0.480 e. The zero-order valence-corrected chi connectivity index (χ0v) is 12.0. The lowest BCUT2D eigenvalue weighted by Crippen LogP contribution is -2.46. The monoisotopic (exact) mass is 296 g/mol. The lowest BCUT2D eigenvalue weighted by molar-refractivity contribution is -0.138. The number of aromatic nitrogens is 3. The number of methoxy groups -OCH3 is 1. The Kier molecular flexibility index (Phi) is 4.89. The highest BCUT2D eigenvalue weighted by Crippen LogP contribution is 2.44. The summed E-state index contributed by atoms with van der Waals surface area (Å²) in [4.78, 5) is 22.8. The van der Waals surface area contributed by atoms with Crippen LogP contribution >= 0.6 is 0 Å². The number of carbonyl (C=O) groups is 2. The Balaban J connectivity index is 1.85. The van der Waals surface area contributed by atoms with Gasteiger partial charge in [-0.25, -0.2) is 4.68 Å². The molecule has 8 nitrogen and oxygen atoms in total. The average molecular weight is 296 g/mol. The number of hydrogen-bond acceptors (Lipinski definition) is 5. The first-order chi connectivity index (χ1) is 10.1. The van der Waals surface area contributed by atoms with E-state index >= 15 is 0 Å². The summed E-state index contributed by atoms with van der Waals surface area (Å²) in [5.41, 5.74) is 0.235. The second-order valence-electron chi connectivity index (χ2n) is 5.36. The molecule has 0 aliphatic heterocycles. The van der Waals surface area contributed by atoms with Crippen LogP contribution in [0.1, 0.15) is 31.4 Å². The van der Waals surface area contributed by atoms with Gasteiger partial charge in [-0.05, 0) is 19.3 Å². The maximum Gasteiger partial charge on any atom is 0.325 e. The molecule has 0 unspecified atom stereocenters. The highest BCUT2D eigenvalue weighted by Gasteiger charge is 2.43. The fourth-order valence-corrected chi connectivity index (χ4v) is 2.49. The van der Waals surface area contributed by atoms with Gasteiger partial charge in [0.2, 0.25) is 5.91 Å². The number of carboxylic acids is 1. The van der Waals surface area contributed by atoms with E-state index in [1.807, 2.05) is 0 Å². The van der Waals surface area contributed by atoms with Crippen molar-refractivity contribution < 1.29 is 19.4 Å². The van der Waals surface area contributed by atoms with Gasteiger partial charge >= 0.3 is 5.97 Å². The smallest absolute Gasteiger partial charge is 0.325 e. The molecule has 2 rings (SSSR count). The predicted octanol–water partition coefficient (Wildman–Crippen LogP) is 0.186. The highest BCUT2D eigenvalue weighted by molar-refractivity contribution is 5.83. The molecule has 8 heteroatoms. The van der Waals surface area contributed by atoms with Gasteiger partial charge in [0, 0.05) is 13.7 Å². The molecule has 0 aromatic carbocycles. The molecule has 0 saturated heterocycles. The fraction of sp³-hybridized carbons (Fsp3) is 0.692. The van der Waals surface area contributed by atoms with Crippen LogP contribution in [0, 0.1) is 5.41 Å². The van der Waals surface area contributed by atoms with Crippen molar-refractivity contribution in [2.75, 3.05) is 13.7 Å². The number of carboxylic acid groups (broad SMARTS) is 1. The van der Waals surface area contributed by atoms with Crippen LogP contribution in [0.15, 0.2) is 6.20 Å². The van der Waals surface area contributed by atoms with E-state index < -0.39 is 5.97 Å². The number of rotatable bonds is 8. The van der Waals surface area contributed by atoms with Gasteiger partial charge in [-0.2, -0.15) is 0 Å². The molecule has 1 heterocycles. The van der Waals surface area contributed by atoms with Crippen LogP contribution in [0.5, 0.6) is 0 Å². The summed E-state index contributed by atoms with van der Waals surface area (Å²) in [7, 11) is 1.63. The molecule has 1 aliphatic rings. The lowest BCUT2D eigenvalue weighted by Gasteiger charge is -2.40. The summed E-state index contributed by atoms with van der Waals surface area (Å²) in [6, 6.07) is 0. The molecule has 0 atom stereocenters. The zero-order chi connectivity index (χ0) is 15.3. The first-order valence-corrected chi connectivity index (χ1v) is 6.94. The third-order valence-electron chi connectivity index (χ3n) is 3.89. The van der Waals surface area contributed by atoms with Gasteiger partial charge in [0.1, 0.15) is 12.2 Å². The van der Waals surface area contributed by atoms with Crippen molar-refractivity contribution >= 4 is 11.9 Å². The summed E-state index contributed by atoms with van der Waals surface area (Å²) >= 11 is 0. The first kappa shape index (κ1) is 15.4.